The fraction of sp³-hybridized carbons (Fsp3) is 0.900. The van der Waals surface area contributed by atoms with Crippen molar-refractivity contribution >= 4 is 0 Å². The molecule has 1 aromatic rings. The van der Waals surface area contributed by atoms with E-state index in [4.69, 9.17) is 0 Å². The summed E-state index contributed by atoms with van der Waals surface area (Å²) in [6, 6.07) is 4.68. The Morgan fingerprint density at radius 2 is 0.686 bits per heavy atom. The Hall–Kier alpha value is -0.850. The van der Waals surface area contributed by atoms with Gasteiger partial charge in [0.1, 0.15) is 6.54 Å². The third-order valence-corrected chi connectivity index (χ3v) is 11.9. The number of aromatic nitrogens is 1. The van der Waals surface area contributed by atoms with Crippen LogP contribution >= 0.6 is 0 Å². The van der Waals surface area contributed by atoms with E-state index in [-0.39, 0.29) is 0 Å². The lowest BCUT2D eigenvalue weighted by molar-refractivity contribution is -0.697. The van der Waals surface area contributed by atoms with Gasteiger partial charge in [-0.1, -0.05) is 252 Å². The zero-order valence-corrected chi connectivity index (χ0v) is 35.8. The Morgan fingerprint density at radius 3 is 1.06 bits per heavy atom. The van der Waals surface area contributed by atoms with Crippen LogP contribution in [0.2, 0.25) is 0 Å². The second-order valence-electron chi connectivity index (χ2n) is 17.1. The summed E-state index contributed by atoms with van der Waals surface area (Å²) in [4.78, 5) is 0. The largest absolute Gasteiger partial charge is 0.205 e. The molecule has 0 aliphatic rings. The Morgan fingerprint density at radius 1 is 0.373 bits per heavy atom. The molecule has 0 fully saturated rings. The summed E-state index contributed by atoms with van der Waals surface area (Å²) in [5.41, 5.74) is 1.55. The monoisotopic (exact) mass is 711 g/mol. The topological polar surface area (TPSA) is 3.88 Å². The van der Waals surface area contributed by atoms with E-state index in [2.05, 4.69) is 49.9 Å². The first-order valence-corrected chi connectivity index (χ1v) is 24.3. The second-order valence-corrected chi connectivity index (χ2v) is 17.1. The summed E-state index contributed by atoms with van der Waals surface area (Å²) in [6.07, 6.45) is 62.6. The number of hydrogen-bond donors (Lipinski definition) is 0. The summed E-state index contributed by atoms with van der Waals surface area (Å²) in [5.74, 6) is 0.956. The summed E-state index contributed by atoms with van der Waals surface area (Å²) >= 11 is 0. The number of nitrogens with zero attached hydrogens (tertiary/aromatic N) is 1. The minimum Gasteiger partial charge on any atom is -0.205 e. The van der Waals surface area contributed by atoms with Crippen molar-refractivity contribution in [2.24, 2.45) is 5.92 Å². The highest BCUT2D eigenvalue weighted by molar-refractivity contribution is 5.05. The zero-order chi connectivity index (χ0) is 36.6. The van der Waals surface area contributed by atoms with Crippen molar-refractivity contribution in [3.8, 4) is 0 Å². The first-order chi connectivity index (χ1) is 25.3. The van der Waals surface area contributed by atoms with Gasteiger partial charge in [0.15, 0.2) is 12.4 Å². The Balaban J connectivity index is 2.20. The van der Waals surface area contributed by atoms with Crippen LogP contribution in [0.3, 0.4) is 0 Å². The maximum Gasteiger partial charge on any atom is 0.171 e. The molecule has 0 amide bonds. The SMILES string of the molecule is CCCCCCCCCCCCCCCCc1ccc[n+](CCCC(CCCCCCCCC)CCCCCCCCCCCCCCCC)c1. The number of rotatable bonds is 42. The van der Waals surface area contributed by atoms with Gasteiger partial charge in [0, 0.05) is 18.1 Å². The van der Waals surface area contributed by atoms with Crippen LogP contribution in [0.5, 0.6) is 0 Å². The molecule has 0 bridgehead atoms. The van der Waals surface area contributed by atoms with E-state index < -0.39 is 0 Å². The highest BCUT2D eigenvalue weighted by atomic mass is 14.9. The van der Waals surface area contributed by atoms with Gasteiger partial charge in [-0.05, 0) is 31.2 Å². The van der Waals surface area contributed by atoms with Gasteiger partial charge >= 0.3 is 0 Å². The predicted octanol–water partition coefficient (Wildman–Crippen LogP) is 17.4. The molecule has 300 valence electrons. The van der Waals surface area contributed by atoms with Gasteiger partial charge in [-0.3, -0.25) is 0 Å². The van der Waals surface area contributed by atoms with Gasteiger partial charge in [0.2, 0.25) is 0 Å². The van der Waals surface area contributed by atoms with Crippen molar-refractivity contribution in [3.63, 3.8) is 0 Å². The molecule has 0 radical (unpaired) electrons. The lowest BCUT2D eigenvalue weighted by Crippen LogP contribution is -2.33. The lowest BCUT2D eigenvalue weighted by atomic mass is 9.90. The Kier molecular flexibility index (Phi) is 38.1. The van der Waals surface area contributed by atoms with Gasteiger partial charge in [-0.2, -0.15) is 0 Å². The van der Waals surface area contributed by atoms with Crippen molar-refractivity contribution in [2.75, 3.05) is 0 Å². The summed E-state index contributed by atoms with van der Waals surface area (Å²) in [6.45, 7) is 8.17. The van der Waals surface area contributed by atoms with Crippen molar-refractivity contribution in [3.05, 3.63) is 30.1 Å². The molecule has 0 saturated heterocycles. The molecule has 0 aromatic carbocycles. The van der Waals surface area contributed by atoms with Crippen LogP contribution in [-0.4, -0.2) is 0 Å². The number of pyridine rings is 1. The standard InChI is InChI=1S/C50H96N/c1-4-7-10-13-16-18-20-22-24-26-28-31-34-37-42-49(41-36-33-30-15-12-9-6-3)44-39-46-51-47-40-45-50(48-51)43-38-35-32-29-27-25-23-21-19-17-14-11-8-5-2/h40,45,47-49H,4-39,41-44,46H2,1-3H3/q+1. The fourth-order valence-electron chi connectivity index (χ4n) is 8.40. The molecule has 1 nitrogen and oxygen atoms in total. The van der Waals surface area contributed by atoms with Crippen LogP contribution in [0.1, 0.15) is 277 Å². The lowest BCUT2D eigenvalue weighted by Gasteiger charge is -2.16. The molecule has 0 aliphatic carbocycles. The molecule has 1 rings (SSSR count). The third kappa shape index (κ3) is 34.7. The fourth-order valence-corrected chi connectivity index (χ4v) is 8.40. The molecular formula is C50H96N+. The quantitative estimate of drug-likeness (QED) is 0.0470. The smallest absolute Gasteiger partial charge is 0.171 e. The maximum atomic E-state index is 2.51. The second kappa shape index (κ2) is 40.3. The molecule has 1 heterocycles. The number of hydrogen-bond acceptors (Lipinski definition) is 0. The van der Waals surface area contributed by atoms with E-state index in [1.165, 1.54) is 263 Å². The van der Waals surface area contributed by atoms with Crippen LogP contribution in [0, 0.1) is 5.92 Å². The normalized spacial score (nSPS) is 12.2. The van der Waals surface area contributed by atoms with Crippen molar-refractivity contribution < 1.29 is 4.57 Å². The van der Waals surface area contributed by atoms with E-state index in [1.807, 2.05) is 0 Å². The molecule has 0 aliphatic heterocycles. The molecule has 1 atom stereocenters. The summed E-state index contributed by atoms with van der Waals surface area (Å²) < 4.78 is 2.51. The zero-order valence-electron chi connectivity index (χ0n) is 35.8. The Labute approximate surface area is 323 Å². The molecule has 1 unspecified atom stereocenters. The summed E-state index contributed by atoms with van der Waals surface area (Å²) in [7, 11) is 0. The van der Waals surface area contributed by atoms with Crippen molar-refractivity contribution in [1.82, 2.24) is 0 Å². The van der Waals surface area contributed by atoms with Crippen molar-refractivity contribution in [1.29, 1.82) is 0 Å². The van der Waals surface area contributed by atoms with Crippen LogP contribution in [0.15, 0.2) is 24.5 Å². The highest BCUT2D eigenvalue weighted by Gasteiger charge is 2.11. The maximum absolute atomic E-state index is 2.51. The van der Waals surface area contributed by atoms with E-state index in [0.717, 1.165) is 5.92 Å². The molecule has 0 N–H and O–H groups in total. The minimum absolute atomic E-state index is 0.956. The van der Waals surface area contributed by atoms with E-state index >= 15 is 0 Å². The van der Waals surface area contributed by atoms with Crippen LogP contribution in [-0.2, 0) is 13.0 Å². The van der Waals surface area contributed by atoms with Gasteiger partial charge in [-0.25, -0.2) is 4.57 Å². The first-order valence-electron chi connectivity index (χ1n) is 24.3. The van der Waals surface area contributed by atoms with Gasteiger partial charge in [0.25, 0.3) is 0 Å². The van der Waals surface area contributed by atoms with Gasteiger partial charge in [0.05, 0.1) is 0 Å². The first kappa shape index (κ1) is 48.2. The van der Waals surface area contributed by atoms with E-state index in [9.17, 15) is 0 Å². The highest BCUT2D eigenvalue weighted by Crippen LogP contribution is 2.24. The molecular weight excluding hydrogens is 615 g/mol. The van der Waals surface area contributed by atoms with Crippen LogP contribution < -0.4 is 4.57 Å². The molecule has 1 heteroatoms. The summed E-state index contributed by atoms with van der Waals surface area (Å²) in [5, 5.41) is 0. The Bertz CT molecular complexity index is 785. The van der Waals surface area contributed by atoms with E-state index in [0.29, 0.717) is 0 Å². The van der Waals surface area contributed by atoms with Crippen molar-refractivity contribution in [2.45, 2.75) is 284 Å². The predicted molar refractivity (Wildman–Crippen MR) is 231 cm³/mol. The molecule has 0 spiro atoms. The third-order valence-electron chi connectivity index (χ3n) is 11.9. The molecule has 0 saturated carbocycles. The average molecular weight is 711 g/mol. The van der Waals surface area contributed by atoms with Crippen LogP contribution in [0.4, 0.5) is 0 Å². The van der Waals surface area contributed by atoms with Gasteiger partial charge in [-0.15, -0.1) is 0 Å². The number of aryl methyl sites for hydroxylation is 2. The molecule has 1 aromatic heterocycles. The average Bonchev–Trinajstić information content (AvgIpc) is 3.14. The molecule has 51 heavy (non-hydrogen) atoms. The van der Waals surface area contributed by atoms with Crippen LogP contribution in [0.25, 0.3) is 0 Å². The van der Waals surface area contributed by atoms with Gasteiger partial charge < -0.3 is 0 Å². The number of unbranched alkanes of at least 4 members (excludes halogenated alkanes) is 32. The van der Waals surface area contributed by atoms with E-state index in [1.54, 1.807) is 5.56 Å². The minimum atomic E-state index is 0.956.